The van der Waals surface area contributed by atoms with E-state index in [4.69, 9.17) is 5.73 Å². The average molecular weight is 488 g/mol. The number of rotatable bonds is 8. The molecule has 0 saturated carbocycles. The van der Waals surface area contributed by atoms with Gasteiger partial charge in [-0.3, -0.25) is 24.0 Å². The van der Waals surface area contributed by atoms with Crippen LogP contribution in [0.2, 0.25) is 0 Å². The third-order valence-corrected chi connectivity index (χ3v) is 7.97. The minimum Gasteiger partial charge on any atom is -0.383 e. The Morgan fingerprint density at radius 2 is 2.06 bits per heavy atom. The van der Waals surface area contributed by atoms with Crippen molar-refractivity contribution in [3.8, 4) is 0 Å². The maximum absolute atomic E-state index is 13.5. The monoisotopic (exact) mass is 487 g/mol. The lowest BCUT2D eigenvalue weighted by atomic mass is 9.98. The summed E-state index contributed by atoms with van der Waals surface area (Å²) in [6.45, 7) is 5.39. The van der Waals surface area contributed by atoms with E-state index >= 15 is 0 Å². The van der Waals surface area contributed by atoms with Crippen LogP contribution < -0.4 is 21.9 Å². The molecule has 0 radical (unpaired) electrons. The molecule has 8 nitrogen and oxygen atoms in total. The van der Waals surface area contributed by atoms with Crippen molar-refractivity contribution < 1.29 is 4.79 Å². The molecule has 0 bridgehead atoms. The number of aromatic nitrogens is 2. The number of nitrogens with zero attached hydrogens (tertiary/aromatic N) is 3. The molecule has 176 valence electrons. The third kappa shape index (κ3) is 4.55. The number of aromatic amines is 1. The van der Waals surface area contributed by atoms with Crippen LogP contribution >= 0.6 is 22.7 Å². The summed E-state index contributed by atoms with van der Waals surface area (Å²) in [6, 6.07) is 6.28. The van der Waals surface area contributed by atoms with Gasteiger partial charge in [-0.15, -0.1) is 22.7 Å². The van der Waals surface area contributed by atoms with Crippen LogP contribution in [0.3, 0.4) is 0 Å². The van der Waals surface area contributed by atoms with Crippen LogP contribution in [0.4, 0.5) is 11.5 Å². The lowest BCUT2D eigenvalue weighted by Gasteiger charge is -2.36. The highest BCUT2D eigenvalue weighted by atomic mass is 32.1. The van der Waals surface area contributed by atoms with Gasteiger partial charge in [0.05, 0.1) is 12.6 Å². The molecule has 0 fully saturated rings. The summed E-state index contributed by atoms with van der Waals surface area (Å²) >= 11 is 3.44. The molecule has 1 aliphatic heterocycles. The number of nitrogens with two attached hydrogens (primary N) is 1. The van der Waals surface area contributed by atoms with Gasteiger partial charge in [-0.05, 0) is 48.2 Å². The Morgan fingerprint density at radius 1 is 1.24 bits per heavy atom. The number of likely N-dealkylation sites (N-methyl/N-ethyl adjacent to an activating group) is 1. The van der Waals surface area contributed by atoms with Crippen molar-refractivity contribution in [2.24, 2.45) is 0 Å². The first-order valence-electron chi connectivity index (χ1n) is 11.2. The van der Waals surface area contributed by atoms with E-state index in [1.165, 1.54) is 24.8 Å². The van der Waals surface area contributed by atoms with Gasteiger partial charge in [-0.25, -0.2) is 4.79 Å². The lowest BCUT2D eigenvalue weighted by Crippen LogP contribution is -2.47. The first-order chi connectivity index (χ1) is 16.0. The predicted octanol–water partition coefficient (Wildman–Crippen LogP) is 3.04. The second kappa shape index (κ2) is 10.1. The second-order valence-corrected chi connectivity index (χ2v) is 10.1. The molecule has 3 aromatic rings. The standard InChI is InChI=1S/C23H29N5O3S2/c1-3-5-10-28-21(24)20(22(30)25-23(28)31)27(4-2)18(29)14-26-11-8-16-15(9-13-33-16)19(26)17-7-6-12-32-17/h6-7,9,12-13,19H,3-5,8,10-11,14,24H2,1-2H3,(H,25,30,31)/t19-/m0/s1. The fourth-order valence-electron chi connectivity index (χ4n) is 4.41. The largest absolute Gasteiger partial charge is 0.383 e. The summed E-state index contributed by atoms with van der Waals surface area (Å²) in [5, 5.41) is 4.16. The summed E-state index contributed by atoms with van der Waals surface area (Å²) < 4.78 is 1.35. The number of hydrogen-bond acceptors (Lipinski definition) is 7. The maximum Gasteiger partial charge on any atom is 0.330 e. The van der Waals surface area contributed by atoms with Gasteiger partial charge in [-0.2, -0.15) is 0 Å². The Morgan fingerprint density at radius 3 is 2.76 bits per heavy atom. The number of thiophene rings is 2. The molecule has 0 aromatic carbocycles. The molecule has 4 rings (SSSR count). The predicted molar refractivity (Wildman–Crippen MR) is 134 cm³/mol. The van der Waals surface area contributed by atoms with Crippen LogP contribution in [0.15, 0.2) is 38.5 Å². The van der Waals surface area contributed by atoms with Gasteiger partial charge in [0, 0.05) is 29.4 Å². The first-order valence-corrected chi connectivity index (χ1v) is 13.0. The zero-order valence-corrected chi connectivity index (χ0v) is 20.5. The van der Waals surface area contributed by atoms with E-state index in [2.05, 4.69) is 27.4 Å². The smallest absolute Gasteiger partial charge is 0.330 e. The van der Waals surface area contributed by atoms with E-state index in [9.17, 15) is 14.4 Å². The van der Waals surface area contributed by atoms with E-state index < -0.39 is 11.2 Å². The van der Waals surface area contributed by atoms with Gasteiger partial charge in [0.1, 0.15) is 5.82 Å². The van der Waals surface area contributed by atoms with Gasteiger partial charge in [0.25, 0.3) is 5.56 Å². The fourth-order valence-corrected chi connectivity index (χ4v) is 6.19. The summed E-state index contributed by atoms with van der Waals surface area (Å²) in [4.78, 5) is 47.0. The molecule has 10 heteroatoms. The molecule has 4 heterocycles. The molecule has 1 aliphatic rings. The SMILES string of the molecule is CCCCn1c(N)c(N(CC)C(=O)CN2CCc3sccc3[C@H]2c2cccs2)c(=O)[nH]c1=O. The van der Waals surface area contributed by atoms with Crippen LogP contribution in [0, 0.1) is 0 Å². The number of nitrogens with one attached hydrogen (secondary N) is 1. The number of unbranched alkanes of at least 4 members (excludes halogenated alkanes) is 1. The third-order valence-electron chi connectivity index (χ3n) is 6.05. The Kier molecular flexibility index (Phi) is 7.16. The van der Waals surface area contributed by atoms with E-state index in [1.807, 2.05) is 25.3 Å². The minimum atomic E-state index is -0.631. The van der Waals surface area contributed by atoms with Crippen molar-refractivity contribution in [3.63, 3.8) is 0 Å². The van der Waals surface area contributed by atoms with Gasteiger partial charge in [-0.1, -0.05) is 19.4 Å². The van der Waals surface area contributed by atoms with Gasteiger partial charge in [0.15, 0.2) is 5.69 Å². The topological polar surface area (TPSA) is 104 Å². The van der Waals surface area contributed by atoms with Crippen molar-refractivity contribution in [2.75, 3.05) is 30.3 Å². The summed E-state index contributed by atoms with van der Waals surface area (Å²) in [7, 11) is 0. The summed E-state index contributed by atoms with van der Waals surface area (Å²) in [5.74, 6) is -0.170. The average Bonchev–Trinajstić information content (AvgIpc) is 3.48. The number of anilines is 2. The molecule has 1 atom stereocenters. The summed E-state index contributed by atoms with van der Waals surface area (Å²) in [5.41, 5.74) is 6.39. The first kappa shape index (κ1) is 23.5. The molecule has 3 aromatic heterocycles. The van der Waals surface area contributed by atoms with E-state index in [-0.39, 0.29) is 36.5 Å². The Hall–Kier alpha value is -2.69. The molecule has 0 unspecified atom stereocenters. The van der Waals surface area contributed by atoms with Crippen molar-refractivity contribution in [1.29, 1.82) is 0 Å². The highest BCUT2D eigenvalue weighted by Crippen LogP contribution is 2.39. The van der Waals surface area contributed by atoms with Gasteiger partial charge >= 0.3 is 5.69 Å². The van der Waals surface area contributed by atoms with E-state index in [1.54, 1.807) is 22.7 Å². The zero-order chi connectivity index (χ0) is 23.5. The van der Waals surface area contributed by atoms with Crippen molar-refractivity contribution in [1.82, 2.24) is 14.5 Å². The number of fused-ring (bicyclic) bond motifs is 1. The molecular weight excluding hydrogens is 458 g/mol. The zero-order valence-electron chi connectivity index (χ0n) is 18.9. The Bertz CT molecular complexity index is 1230. The molecule has 0 aliphatic carbocycles. The van der Waals surface area contributed by atoms with Crippen molar-refractivity contribution >= 4 is 40.1 Å². The van der Waals surface area contributed by atoms with Gasteiger partial charge in [0.2, 0.25) is 5.91 Å². The number of nitrogen functional groups attached to an aromatic ring is 1. The molecule has 1 amide bonds. The number of carbonyl (C=O) groups excluding carboxylic acids is 1. The molecule has 0 spiro atoms. The normalized spacial score (nSPS) is 16.0. The van der Waals surface area contributed by atoms with Crippen LogP contribution in [0.1, 0.15) is 48.0 Å². The van der Waals surface area contributed by atoms with E-state index in [0.717, 1.165) is 25.8 Å². The van der Waals surface area contributed by atoms with Crippen LogP contribution in [-0.4, -0.2) is 40.0 Å². The fraction of sp³-hybridized carbons (Fsp3) is 0.435. The minimum absolute atomic E-state index is 0.0109. The molecule has 33 heavy (non-hydrogen) atoms. The Balaban J connectivity index is 1.65. The van der Waals surface area contributed by atoms with Crippen LogP contribution in [0.25, 0.3) is 0 Å². The second-order valence-electron chi connectivity index (χ2n) is 8.07. The highest BCUT2D eigenvalue weighted by molar-refractivity contribution is 7.10. The molecule has 3 N–H and O–H groups in total. The molecule has 0 saturated heterocycles. The lowest BCUT2D eigenvalue weighted by molar-refractivity contribution is -0.120. The molecular formula is C23H29N5O3S2. The number of hydrogen-bond donors (Lipinski definition) is 2. The van der Waals surface area contributed by atoms with Crippen molar-refractivity contribution in [3.05, 3.63) is 65.1 Å². The number of amides is 1. The van der Waals surface area contributed by atoms with Crippen molar-refractivity contribution in [2.45, 2.75) is 45.7 Å². The summed E-state index contributed by atoms with van der Waals surface area (Å²) in [6.07, 6.45) is 2.51. The highest BCUT2D eigenvalue weighted by Gasteiger charge is 2.33. The van der Waals surface area contributed by atoms with E-state index in [0.29, 0.717) is 6.54 Å². The van der Waals surface area contributed by atoms with Gasteiger partial charge < -0.3 is 10.6 Å². The maximum atomic E-state index is 13.5. The number of H-pyrrole nitrogens is 1. The van der Waals surface area contributed by atoms with Crippen LogP contribution in [-0.2, 0) is 17.8 Å². The number of carbonyl (C=O) groups is 1. The van der Waals surface area contributed by atoms with Crippen LogP contribution in [0.5, 0.6) is 0 Å². The Labute approximate surface area is 200 Å². The quantitative estimate of drug-likeness (QED) is 0.508.